The Morgan fingerprint density at radius 2 is 1.76 bits per heavy atom. The Morgan fingerprint density at radius 1 is 1.11 bits per heavy atom. The average molecular weight is 545 g/mol. The molecular weight excluding hydrogens is 516 g/mol. The largest absolute Gasteiger partial charge is 0.494 e. The summed E-state index contributed by atoms with van der Waals surface area (Å²) in [5.74, 6) is 0.903. The zero-order valence-electron chi connectivity index (χ0n) is 21.3. The van der Waals surface area contributed by atoms with E-state index in [0.29, 0.717) is 28.4 Å². The van der Waals surface area contributed by atoms with Crippen LogP contribution in [-0.2, 0) is 15.6 Å². The summed E-state index contributed by atoms with van der Waals surface area (Å²) < 4.78 is 38.2. The smallest absolute Gasteiger partial charge is 0.215 e. The zero-order valence-corrected chi connectivity index (χ0v) is 22.9. The minimum atomic E-state index is -4.29. The molecule has 3 heterocycles. The fourth-order valence-corrected chi connectivity index (χ4v) is 5.84. The molecule has 1 aromatic carbocycles. The number of pyridine rings is 1. The second-order valence-corrected chi connectivity index (χ2v) is 11.7. The van der Waals surface area contributed by atoms with Crippen LogP contribution in [0.5, 0.6) is 11.5 Å². The van der Waals surface area contributed by atoms with E-state index in [4.69, 9.17) is 14.6 Å². The van der Waals surface area contributed by atoms with Crippen molar-refractivity contribution < 1.29 is 23.0 Å². The lowest BCUT2D eigenvalue weighted by Crippen LogP contribution is -2.48. The molecule has 13 heteroatoms. The van der Waals surface area contributed by atoms with Gasteiger partial charge < -0.3 is 14.6 Å². The van der Waals surface area contributed by atoms with E-state index in [-0.39, 0.29) is 16.7 Å². The first kappa shape index (κ1) is 26.7. The Kier molecular flexibility index (Phi) is 7.08. The van der Waals surface area contributed by atoms with Crippen molar-refractivity contribution in [2.24, 2.45) is 5.14 Å². The number of benzene rings is 1. The molecule has 0 saturated carbocycles. The van der Waals surface area contributed by atoms with Crippen LogP contribution < -0.4 is 14.6 Å². The summed E-state index contributed by atoms with van der Waals surface area (Å²) in [6.07, 6.45) is 3.29. The number of sulfonamides is 1. The summed E-state index contributed by atoms with van der Waals surface area (Å²) in [7, 11) is -1.31. The molecular formula is C24H28N6O5S2. The van der Waals surface area contributed by atoms with Crippen molar-refractivity contribution in [3.63, 3.8) is 0 Å². The van der Waals surface area contributed by atoms with Gasteiger partial charge in [-0.2, -0.15) is 0 Å². The van der Waals surface area contributed by atoms with Crippen molar-refractivity contribution in [1.82, 2.24) is 24.7 Å². The Hall–Kier alpha value is -3.39. The van der Waals surface area contributed by atoms with E-state index in [2.05, 4.69) is 20.2 Å². The number of hydrogen-bond acceptors (Lipinski definition) is 10. The van der Waals surface area contributed by atoms with Gasteiger partial charge in [0.2, 0.25) is 10.0 Å². The maximum atomic E-state index is 12.7. The zero-order chi connectivity index (χ0) is 27.1. The van der Waals surface area contributed by atoms with Crippen LogP contribution in [0.4, 0.5) is 0 Å². The molecule has 4 aromatic rings. The third-order valence-electron chi connectivity index (χ3n) is 6.20. The maximum Gasteiger partial charge on any atom is 0.215 e. The van der Waals surface area contributed by atoms with E-state index >= 15 is 0 Å². The van der Waals surface area contributed by atoms with Gasteiger partial charge in [-0.25, -0.2) is 18.5 Å². The summed E-state index contributed by atoms with van der Waals surface area (Å²) in [6.45, 7) is 6.79. The predicted octanol–water partition coefficient (Wildman–Crippen LogP) is 2.64. The number of rotatable bonds is 8. The van der Waals surface area contributed by atoms with E-state index in [1.54, 1.807) is 37.5 Å². The van der Waals surface area contributed by atoms with Crippen LogP contribution in [0.1, 0.15) is 33.9 Å². The van der Waals surface area contributed by atoms with Crippen molar-refractivity contribution in [2.45, 2.75) is 38.5 Å². The standard InChI is InChI=1S/C24H28N6O5S2/c1-13-10-17(12-26-11-13)21-28-29-22(30(21)20-18(34-5)8-7-9-19(20)35-6)24(31,16(4)37(25,32)33)23-27-14(2)15(3)36-23/h7-12,16,31H,1-6H3,(H2,25,32,33). The van der Waals surface area contributed by atoms with Gasteiger partial charge in [0.15, 0.2) is 17.2 Å². The first-order valence-electron chi connectivity index (χ1n) is 11.2. The Balaban J connectivity index is 2.18. The third kappa shape index (κ3) is 4.59. The Morgan fingerprint density at radius 3 is 2.27 bits per heavy atom. The van der Waals surface area contributed by atoms with Crippen LogP contribution >= 0.6 is 11.3 Å². The number of aliphatic hydroxyl groups is 1. The highest BCUT2D eigenvalue weighted by Crippen LogP contribution is 2.43. The molecule has 0 aliphatic heterocycles. The van der Waals surface area contributed by atoms with E-state index in [1.165, 1.54) is 25.7 Å². The molecule has 37 heavy (non-hydrogen) atoms. The van der Waals surface area contributed by atoms with Gasteiger partial charge in [-0.1, -0.05) is 6.07 Å². The van der Waals surface area contributed by atoms with E-state index in [9.17, 15) is 13.5 Å². The maximum absolute atomic E-state index is 12.7. The molecule has 196 valence electrons. The van der Waals surface area contributed by atoms with Crippen molar-refractivity contribution in [3.05, 3.63) is 63.6 Å². The lowest BCUT2D eigenvalue weighted by molar-refractivity contribution is 0.0677. The van der Waals surface area contributed by atoms with Gasteiger partial charge in [-0.3, -0.25) is 9.55 Å². The molecule has 0 aliphatic carbocycles. The highest BCUT2D eigenvalue weighted by molar-refractivity contribution is 7.89. The number of hydrogen-bond donors (Lipinski definition) is 2. The summed E-state index contributed by atoms with van der Waals surface area (Å²) in [6, 6.07) is 7.00. The number of thiazole rings is 1. The summed E-state index contributed by atoms with van der Waals surface area (Å²) in [4.78, 5) is 9.57. The van der Waals surface area contributed by atoms with Gasteiger partial charge >= 0.3 is 0 Å². The first-order chi connectivity index (χ1) is 17.4. The Bertz CT molecular complexity index is 1520. The number of methoxy groups -OCH3 is 2. The molecule has 2 atom stereocenters. The number of ether oxygens (including phenoxy) is 2. The van der Waals surface area contributed by atoms with E-state index < -0.39 is 20.9 Å². The number of nitrogens with two attached hydrogens (primary N) is 1. The molecule has 2 unspecified atom stereocenters. The van der Waals surface area contributed by atoms with E-state index in [0.717, 1.165) is 21.8 Å². The van der Waals surface area contributed by atoms with Crippen molar-refractivity contribution in [1.29, 1.82) is 0 Å². The van der Waals surface area contributed by atoms with Gasteiger partial charge in [0.05, 0.1) is 19.9 Å². The second-order valence-electron chi connectivity index (χ2n) is 8.60. The second kappa shape index (κ2) is 9.82. The number of aromatic nitrogens is 5. The van der Waals surface area contributed by atoms with Crippen LogP contribution in [0, 0.1) is 20.8 Å². The molecule has 3 aromatic heterocycles. The van der Waals surface area contributed by atoms with Crippen LogP contribution in [0.3, 0.4) is 0 Å². The van der Waals surface area contributed by atoms with Crippen molar-refractivity contribution in [2.75, 3.05) is 14.2 Å². The summed E-state index contributed by atoms with van der Waals surface area (Å²) in [5, 5.41) is 25.2. The molecule has 0 aliphatic rings. The predicted molar refractivity (Wildman–Crippen MR) is 140 cm³/mol. The van der Waals surface area contributed by atoms with Gasteiger partial charge in [0, 0.05) is 22.8 Å². The van der Waals surface area contributed by atoms with Gasteiger partial charge in [0.25, 0.3) is 0 Å². The monoisotopic (exact) mass is 544 g/mol. The SMILES string of the molecule is COc1cccc(OC)c1-n1c(-c2cncc(C)c2)nnc1C(O)(c1nc(C)c(C)s1)C(C)S(N)(=O)=O. The molecule has 0 bridgehead atoms. The number of aryl methyl sites for hydroxylation is 3. The number of nitrogens with zero attached hydrogens (tertiary/aromatic N) is 5. The van der Waals surface area contributed by atoms with Crippen LogP contribution in [0.2, 0.25) is 0 Å². The van der Waals surface area contributed by atoms with Crippen LogP contribution in [-0.4, -0.2) is 57.7 Å². The Labute approximate surface area is 219 Å². The molecule has 0 saturated heterocycles. The van der Waals surface area contributed by atoms with E-state index in [1.807, 2.05) is 19.9 Å². The minimum Gasteiger partial charge on any atom is -0.494 e. The molecule has 0 fully saturated rings. The third-order valence-corrected chi connectivity index (χ3v) is 8.72. The van der Waals surface area contributed by atoms with Crippen LogP contribution in [0.15, 0.2) is 36.7 Å². The molecule has 0 amide bonds. The molecule has 0 radical (unpaired) electrons. The fourth-order valence-electron chi connectivity index (χ4n) is 3.98. The summed E-state index contributed by atoms with van der Waals surface area (Å²) >= 11 is 1.15. The van der Waals surface area contributed by atoms with Crippen molar-refractivity contribution in [3.8, 4) is 28.6 Å². The minimum absolute atomic E-state index is 0.112. The van der Waals surface area contributed by atoms with Crippen LogP contribution in [0.25, 0.3) is 17.1 Å². The normalized spacial score (nSPS) is 14.3. The number of para-hydroxylation sites is 1. The lowest BCUT2D eigenvalue weighted by Gasteiger charge is -2.31. The van der Waals surface area contributed by atoms with Gasteiger partial charge in [-0.05, 0) is 51.5 Å². The molecule has 4 rings (SSSR count). The topological polar surface area (TPSA) is 155 Å². The quantitative estimate of drug-likeness (QED) is 0.340. The average Bonchev–Trinajstić information content (AvgIpc) is 3.45. The summed E-state index contributed by atoms with van der Waals surface area (Å²) in [5.41, 5.74) is 0.146. The molecule has 3 N–H and O–H groups in total. The number of primary sulfonamides is 1. The highest BCUT2D eigenvalue weighted by atomic mass is 32.2. The van der Waals surface area contributed by atoms with Gasteiger partial charge in [0.1, 0.15) is 27.4 Å². The highest BCUT2D eigenvalue weighted by Gasteiger charge is 2.51. The lowest BCUT2D eigenvalue weighted by atomic mass is 9.99. The molecule has 11 nitrogen and oxygen atoms in total. The van der Waals surface area contributed by atoms with Crippen molar-refractivity contribution >= 4 is 21.4 Å². The van der Waals surface area contributed by atoms with Gasteiger partial charge in [-0.15, -0.1) is 21.5 Å². The molecule has 0 spiro atoms. The fraction of sp³-hybridized carbons (Fsp3) is 0.333. The first-order valence-corrected chi connectivity index (χ1v) is 13.6.